The summed E-state index contributed by atoms with van der Waals surface area (Å²) < 4.78 is 17.7. The Kier molecular flexibility index (Phi) is 7.39. The van der Waals surface area contributed by atoms with Crippen molar-refractivity contribution in [3.63, 3.8) is 0 Å². The second-order valence-corrected chi connectivity index (χ2v) is 8.70. The number of methoxy groups -OCH3 is 1. The molecule has 2 aromatic rings. The first-order chi connectivity index (χ1) is 14.4. The average molecular weight is 444 g/mol. The zero-order valence-electron chi connectivity index (χ0n) is 17.6. The number of rotatable bonds is 8. The normalized spacial score (nSPS) is 15.1. The molecule has 158 valence electrons. The molecule has 30 heavy (non-hydrogen) atoms. The minimum atomic E-state index is -0.0897. The van der Waals surface area contributed by atoms with E-state index in [1.165, 1.54) is 27.8 Å². The van der Waals surface area contributed by atoms with Crippen molar-refractivity contribution in [2.75, 3.05) is 27.4 Å². The lowest BCUT2D eigenvalue weighted by atomic mass is 10.1. The topological polar surface area (TPSA) is 48.0 Å². The fourth-order valence-corrected chi connectivity index (χ4v) is 4.22. The standard InChI is InChI=1S/C23H25NO4S2/c1-15-10-16(2)12-18(11-15)27-8-5-9-28-19-7-6-17(13-20(19)26-4)14-21-22(25)24(3)23(29)30-21/h6-7,10-14H,5,8-9H2,1-4H3/b21-14+. The van der Waals surface area contributed by atoms with E-state index in [4.69, 9.17) is 26.4 Å². The molecule has 1 heterocycles. The van der Waals surface area contributed by atoms with Crippen molar-refractivity contribution in [3.8, 4) is 17.2 Å². The van der Waals surface area contributed by atoms with Crippen LogP contribution in [0.5, 0.6) is 17.2 Å². The number of hydrogen-bond acceptors (Lipinski definition) is 6. The van der Waals surface area contributed by atoms with E-state index < -0.39 is 0 Å². The van der Waals surface area contributed by atoms with Gasteiger partial charge in [0.05, 0.1) is 25.2 Å². The Balaban J connectivity index is 1.55. The summed E-state index contributed by atoms with van der Waals surface area (Å²) in [4.78, 5) is 14.2. The third-order valence-electron chi connectivity index (χ3n) is 4.48. The van der Waals surface area contributed by atoms with Gasteiger partial charge in [0.15, 0.2) is 11.5 Å². The van der Waals surface area contributed by atoms with Crippen molar-refractivity contribution < 1.29 is 19.0 Å². The SMILES string of the molecule is COc1cc(/C=C2/SC(=S)N(C)C2=O)ccc1OCCCOc1cc(C)cc(C)c1. The van der Waals surface area contributed by atoms with Crippen molar-refractivity contribution in [2.45, 2.75) is 20.3 Å². The van der Waals surface area contributed by atoms with E-state index in [2.05, 4.69) is 19.9 Å². The molecule has 3 rings (SSSR count). The molecule has 0 radical (unpaired) electrons. The van der Waals surface area contributed by atoms with E-state index in [-0.39, 0.29) is 5.91 Å². The Labute approximate surface area is 187 Å². The number of ether oxygens (including phenoxy) is 3. The number of carbonyl (C=O) groups is 1. The second-order valence-electron chi connectivity index (χ2n) is 7.02. The Bertz CT molecular complexity index is 967. The molecule has 0 spiro atoms. The van der Waals surface area contributed by atoms with Crippen LogP contribution in [-0.4, -0.2) is 42.5 Å². The molecule has 1 fully saturated rings. The monoisotopic (exact) mass is 443 g/mol. The van der Waals surface area contributed by atoms with Gasteiger partial charge in [0.1, 0.15) is 10.1 Å². The molecular weight excluding hydrogens is 418 g/mol. The van der Waals surface area contributed by atoms with E-state index in [9.17, 15) is 4.79 Å². The lowest BCUT2D eigenvalue weighted by Gasteiger charge is -2.12. The number of thiocarbonyl (C=S) groups is 1. The molecule has 1 aliphatic heterocycles. The molecule has 0 aromatic heterocycles. The number of hydrogen-bond donors (Lipinski definition) is 0. The Morgan fingerprint density at radius 1 is 1.03 bits per heavy atom. The molecule has 0 saturated carbocycles. The minimum absolute atomic E-state index is 0.0897. The summed E-state index contributed by atoms with van der Waals surface area (Å²) >= 11 is 6.46. The molecule has 0 aliphatic carbocycles. The molecule has 1 saturated heterocycles. The van der Waals surface area contributed by atoms with Crippen LogP contribution in [-0.2, 0) is 4.79 Å². The van der Waals surface area contributed by atoms with E-state index in [1.807, 2.05) is 36.4 Å². The van der Waals surface area contributed by atoms with E-state index >= 15 is 0 Å². The van der Waals surface area contributed by atoms with Crippen molar-refractivity contribution in [2.24, 2.45) is 0 Å². The van der Waals surface area contributed by atoms with Crippen LogP contribution in [0, 0.1) is 13.8 Å². The number of likely N-dealkylation sites (N-methyl/N-ethyl adjacent to an activating group) is 1. The lowest BCUT2D eigenvalue weighted by Crippen LogP contribution is -2.22. The number of aryl methyl sites for hydroxylation is 2. The first-order valence-electron chi connectivity index (χ1n) is 9.61. The van der Waals surface area contributed by atoms with Gasteiger partial charge in [-0.3, -0.25) is 9.69 Å². The summed E-state index contributed by atoms with van der Waals surface area (Å²) in [6.45, 7) is 5.20. The fraction of sp³-hybridized carbons (Fsp3) is 0.304. The zero-order valence-corrected chi connectivity index (χ0v) is 19.2. The van der Waals surface area contributed by atoms with Crippen molar-refractivity contribution in [1.29, 1.82) is 0 Å². The van der Waals surface area contributed by atoms with Crippen molar-refractivity contribution in [1.82, 2.24) is 4.90 Å². The highest BCUT2D eigenvalue weighted by molar-refractivity contribution is 8.26. The van der Waals surface area contributed by atoms with E-state index in [0.29, 0.717) is 33.9 Å². The summed E-state index contributed by atoms with van der Waals surface area (Å²) in [5.41, 5.74) is 3.23. The van der Waals surface area contributed by atoms with Gasteiger partial charge in [-0.1, -0.05) is 36.1 Å². The van der Waals surface area contributed by atoms with Crippen LogP contribution in [0.15, 0.2) is 41.3 Å². The highest BCUT2D eigenvalue weighted by atomic mass is 32.2. The summed E-state index contributed by atoms with van der Waals surface area (Å²) in [5.74, 6) is 2.06. The van der Waals surface area contributed by atoms with Crippen molar-refractivity contribution >= 4 is 40.3 Å². The summed E-state index contributed by atoms with van der Waals surface area (Å²) in [6, 6.07) is 11.8. The maximum atomic E-state index is 12.2. The Hall–Kier alpha value is -2.51. The molecule has 2 aromatic carbocycles. The maximum Gasteiger partial charge on any atom is 0.265 e. The van der Waals surface area contributed by atoms with Gasteiger partial charge >= 0.3 is 0 Å². The van der Waals surface area contributed by atoms with Crippen LogP contribution < -0.4 is 14.2 Å². The quantitative estimate of drug-likeness (QED) is 0.325. The number of thioether (sulfide) groups is 1. The van der Waals surface area contributed by atoms with Gasteiger partial charge in [-0.05, 0) is 60.9 Å². The van der Waals surface area contributed by atoms with E-state index in [1.54, 1.807) is 14.2 Å². The van der Waals surface area contributed by atoms with Crippen LogP contribution in [0.1, 0.15) is 23.1 Å². The highest BCUT2D eigenvalue weighted by Gasteiger charge is 2.28. The number of amides is 1. The van der Waals surface area contributed by atoms with Crippen LogP contribution in [0.2, 0.25) is 0 Å². The summed E-state index contributed by atoms with van der Waals surface area (Å²) in [6.07, 6.45) is 2.56. The molecule has 7 heteroatoms. The van der Waals surface area contributed by atoms with Gasteiger partial charge in [0, 0.05) is 13.5 Å². The maximum absolute atomic E-state index is 12.2. The smallest absolute Gasteiger partial charge is 0.265 e. The van der Waals surface area contributed by atoms with Gasteiger partial charge in [-0.15, -0.1) is 0 Å². The highest BCUT2D eigenvalue weighted by Crippen LogP contribution is 2.34. The van der Waals surface area contributed by atoms with Gasteiger partial charge < -0.3 is 14.2 Å². The van der Waals surface area contributed by atoms with Crippen LogP contribution in [0.25, 0.3) is 6.08 Å². The third kappa shape index (κ3) is 5.55. The molecule has 0 unspecified atom stereocenters. The van der Waals surface area contributed by atoms with Gasteiger partial charge in [0.2, 0.25) is 0 Å². The summed E-state index contributed by atoms with van der Waals surface area (Å²) in [5, 5.41) is 0. The average Bonchev–Trinajstić information content (AvgIpc) is 2.94. The fourth-order valence-electron chi connectivity index (χ4n) is 3.04. The predicted molar refractivity (Wildman–Crippen MR) is 125 cm³/mol. The molecule has 0 bridgehead atoms. The predicted octanol–water partition coefficient (Wildman–Crippen LogP) is 4.99. The van der Waals surface area contributed by atoms with Gasteiger partial charge in [-0.25, -0.2) is 0 Å². The molecule has 1 amide bonds. The molecule has 0 atom stereocenters. The van der Waals surface area contributed by atoms with Crippen LogP contribution >= 0.6 is 24.0 Å². The number of carbonyl (C=O) groups excluding carboxylic acids is 1. The molecular formula is C23H25NO4S2. The molecule has 5 nitrogen and oxygen atoms in total. The second kappa shape index (κ2) is 10.00. The first-order valence-corrected chi connectivity index (χ1v) is 10.8. The largest absolute Gasteiger partial charge is 0.493 e. The lowest BCUT2D eigenvalue weighted by molar-refractivity contribution is -0.121. The van der Waals surface area contributed by atoms with E-state index in [0.717, 1.165) is 17.7 Å². The zero-order chi connectivity index (χ0) is 21.7. The molecule has 1 aliphatic rings. The van der Waals surface area contributed by atoms with Crippen molar-refractivity contribution in [3.05, 3.63) is 58.0 Å². The van der Waals surface area contributed by atoms with Crippen LogP contribution in [0.3, 0.4) is 0 Å². The Morgan fingerprint density at radius 3 is 2.37 bits per heavy atom. The Morgan fingerprint density at radius 2 is 1.73 bits per heavy atom. The first kappa shape index (κ1) is 22.2. The minimum Gasteiger partial charge on any atom is -0.493 e. The van der Waals surface area contributed by atoms with Gasteiger partial charge in [0.25, 0.3) is 5.91 Å². The van der Waals surface area contributed by atoms with Crippen LogP contribution in [0.4, 0.5) is 0 Å². The number of benzene rings is 2. The molecule has 0 N–H and O–H groups in total. The number of nitrogens with zero attached hydrogens (tertiary/aromatic N) is 1. The summed E-state index contributed by atoms with van der Waals surface area (Å²) in [7, 11) is 3.28. The van der Waals surface area contributed by atoms with Gasteiger partial charge in [-0.2, -0.15) is 0 Å². The third-order valence-corrected chi connectivity index (χ3v) is 5.97.